The summed E-state index contributed by atoms with van der Waals surface area (Å²) in [6.45, 7) is 2.35. The summed E-state index contributed by atoms with van der Waals surface area (Å²) in [5.74, 6) is 0.208. The zero-order chi connectivity index (χ0) is 11.9. The van der Waals surface area contributed by atoms with Crippen LogP contribution in [0.15, 0.2) is 24.5 Å². The summed E-state index contributed by atoms with van der Waals surface area (Å²) >= 11 is 0. The largest absolute Gasteiger partial charge is 0.264 e. The molecule has 16 heavy (non-hydrogen) atoms. The van der Waals surface area contributed by atoms with Crippen molar-refractivity contribution >= 4 is 10.0 Å². The molecule has 1 N–H and O–H groups in total. The first-order valence-corrected chi connectivity index (χ1v) is 7.15. The van der Waals surface area contributed by atoms with Crippen molar-refractivity contribution in [2.24, 2.45) is 0 Å². The number of rotatable bonds is 7. The van der Waals surface area contributed by atoms with Crippen molar-refractivity contribution in [1.29, 1.82) is 0 Å². The first-order chi connectivity index (χ1) is 7.64. The Morgan fingerprint density at radius 1 is 1.44 bits per heavy atom. The van der Waals surface area contributed by atoms with Crippen LogP contribution < -0.4 is 4.72 Å². The topological polar surface area (TPSA) is 59.1 Å². The second-order valence-corrected chi connectivity index (χ2v) is 5.60. The minimum Gasteiger partial charge on any atom is -0.264 e. The van der Waals surface area contributed by atoms with E-state index in [1.807, 2.05) is 19.1 Å². The number of nitrogens with one attached hydrogen (secondary N) is 1. The van der Waals surface area contributed by atoms with Gasteiger partial charge in [0.05, 0.1) is 5.75 Å². The van der Waals surface area contributed by atoms with Crippen LogP contribution in [0.3, 0.4) is 0 Å². The highest BCUT2D eigenvalue weighted by atomic mass is 32.2. The second kappa shape index (κ2) is 6.60. The van der Waals surface area contributed by atoms with E-state index in [1.54, 1.807) is 12.4 Å². The molecule has 1 aromatic heterocycles. The van der Waals surface area contributed by atoms with Gasteiger partial charge in [0.15, 0.2) is 0 Å². The van der Waals surface area contributed by atoms with E-state index >= 15 is 0 Å². The zero-order valence-electron chi connectivity index (χ0n) is 9.52. The van der Waals surface area contributed by atoms with Crippen molar-refractivity contribution in [2.45, 2.75) is 26.2 Å². The van der Waals surface area contributed by atoms with Gasteiger partial charge in [-0.3, -0.25) is 4.98 Å². The summed E-state index contributed by atoms with van der Waals surface area (Å²) in [6.07, 6.45) is 5.84. The Bertz CT molecular complexity index is 390. The average Bonchev–Trinajstić information content (AvgIpc) is 2.26. The summed E-state index contributed by atoms with van der Waals surface area (Å²) in [6, 6.07) is 3.88. The fraction of sp³-hybridized carbons (Fsp3) is 0.545. The number of aromatic nitrogens is 1. The highest BCUT2D eigenvalue weighted by molar-refractivity contribution is 7.89. The van der Waals surface area contributed by atoms with Crippen molar-refractivity contribution in [2.75, 3.05) is 12.3 Å². The van der Waals surface area contributed by atoms with Gasteiger partial charge in [-0.25, -0.2) is 13.1 Å². The molecule has 0 radical (unpaired) electrons. The maximum absolute atomic E-state index is 11.3. The van der Waals surface area contributed by atoms with E-state index in [1.165, 1.54) is 0 Å². The summed E-state index contributed by atoms with van der Waals surface area (Å²) in [5.41, 5.74) is 1.14. The second-order valence-electron chi connectivity index (χ2n) is 3.68. The molecular weight excluding hydrogens is 224 g/mol. The van der Waals surface area contributed by atoms with Crippen LogP contribution in [0.1, 0.15) is 25.3 Å². The van der Waals surface area contributed by atoms with Crippen molar-refractivity contribution in [3.05, 3.63) is 30.1 Å². The van der Waals surface area contributed by atoms with E-state index < -0.39 is 10.0 Å². The molecule has 0 atom stereocenters. The van der Waals surface area contributed by atoms with Crippen LogP contribution in [0.4, 0.5) is 0 Å². The Hall–Kier alpha value is -0.940. The van der Waals surface area contributed by atoms with Crippen LogP contribution in [0.25, 0.3) is 0 Å². The molecule has 0 aliphatic rings. The molecule has 0 bridgehead atoms. The Balaban J connectivity index is 2.22. The molecule has 0 unspecified atom stereocenters. The van der Waals surface area contributed by atoms with Crippen LogP contribution in [-0.4, -0.2) is 25.7 Å². The number of sulfonamides is 1. The molecule has 0 amide bonds. The number of hydrogen-bond donors (Lipinski definition) is 1. The van der Waals surface area contributed by atoms with Crippen LogP contribution in [0, 0.1) is 0 Å². The lowest BCUT2D eigenvalue weighted by atomic mass is 10.2. The highest BCUT2D eigenvalue weighted by Crippen LogP contribution is 1.99. The van der Waals surface area contributed by atoms with Crippen LogP contribution >= 0.6 is 0 Å². The molecule has 1 aromatic rings. The smallest absolute Gasteiger partial charge is 0.211 e. The molecule has 0 saturated carbocycles. The molecule has 90 valence electrons. The van der Waals surface area contributed by atoms with E-state index in [9.17, 15) is 8.42 Å². The quantitative estimate of drug-likeness (QED) is 0.734. The van der Waals surface area contributed by atoms with Gasteiger partial charge < -0.3 is 0 Å². The predicted octanol–water partition coefficient (Wildman–Crippen LogP) is 1.34. The van der Waals surface area contributed by atoms with Crippen LogP contribution in [0.5, 0.6) is 0 Å². The fourth-order valence-corrected chi connectivity index (χ4v) is 2.54. The Morgan fingerprint density at radius 2 is 2.25 bits per heavy atom. The van der Waals surface area contributed by atoms with Crippen molar-refractivity contribution in [3.63, 3.8) is 0 Å². The van der Waals surface area contributed by atoms with Crippen LogP contribution in [-0.2, 0) is 16.4 Å². The summed E-state index contributed by atoms with van der Waals surface area (Å²) in [7, 11) is -3.05. The zero-order valence-corrected chi connectivity index (χ0v) is 10.3. The number of hydrogen-bond acceptors (Lipinski definition) is 3. The van der Waals surface area contributed by atoms with Crippen LogP contribution in [0.2, 0.25) is 0 Å². The standard InChI is InChI=1S/C11H18N2O2S/c1-2-9-16(14,15)13-8-4-6-11-5-3-7-12-10-11/h3,5,7,10,13H,2,4,6,8-9H2,1H3. The molecule has 4 nitrogen and oxygen atoms in total. The van der Waals surface area contributed by atoms with E-state index in [2.05, 4.69) is 9.71 Å². The summed E-state index contributed by atoms with van der Waals surface area (Å²) < 4.78 is 25.2. The first kappa shape index (κ1) is 13.1. The SMILES string of the molecule is CCCS(=O)(=O)NCCCc1cccnc1. The molecule has 0 spiro atoms. The maximum atomic E-state index is 11.3. The van der Waals surface area contributed by atoms with Gasteiger partial charge in [-0.05, 0) is 30.9 Å². The maximum Gasteiger partial charge on any atom is 0.211 e. The lowest BCUT2D eigenvalue weighted by molar-refractivity contribution is 0.577. The minimum atomic E-state index is -3.05. The third kappa shape index (κ3) is 5.23. The van der Waals surface area contributed by atoms with E-state index in [-0.39, 0.29) is 5.75 Å². The first-order valence-electron chi connectivity index (χ1n) is 5.50. The van der Waals surface area contributed by atoms with E-state index in [0.717, 1.165) is 18.4 Å². The fourth-order valence-electron chi connectivity index (χ4n) is 1.41. The third-order valence-electron chi connectivity index (χ3n) is 2.16. The molecule has 1 heterocycles. The van der Waals surface area contributed by atoms with E-state index in [0.29, 0.717) is 13.0 Å². The molecule has 0 aliphatic carbocycles. The minimum absolute atomic E-state index is 0.208. The highest BCUT2D eigenvalue weighted by Gasteiger charge is 2.06. The molecule has 5 heteroatoms. The van der Waals surface area contributed by atoms with Gasteiger partial charge in [-0.15, -0.1) is 0 Å². The van der Waals surface area contributed by atoms with Gasteiger partial charge >= 0.3 is 0 Å². The molecule has 0 aliphatic heterocycles. The van der Waals surface area contributed by atoms with Gasteiger partial charge in [0.25, 0.3) is 0 Å². The third-order valence-corrected chi connectivity index (χ3v) is 3.75. The lowest BCUT2D eigenvalue weighted by Gasteiger charge is -2.05. The number of aryl methyl sites for hydroxylation is 1. The van der Waals surface area contributed by atoms with Gasteiger partial charge in [-0.2, -0.15) is 0 Å². The molecule has 0 aromatic carbocycles. The van der Waals surface area contributed by atoms with Crippen molar-refractivity contribution in [3.8, 4) is 0 Å². The van der Waals surface area contributed by atoms with Gasteiger partial charge in [-0.1, -0.05) is 13.0 Å². The Morgan fingerprint density at radius 3 is 2.88 bits per heavy atom. The Kier molecular flexibility index (Phi) is 5.42. The van der Waals surface area contributed by atoms with Gasteiger partial charge in [0.2, 0.25) is 10.0 Å². The van der Waals surface area contributed by atoms with E-state index in [4.69, 9.17) is 0 Å². The monoisotopic (exact) mass is 242 g/mol. The normalized spacial score (nSPS) is 11.6. The summed E-state index contributed by atoms with van der Waals surface area (Å²) in [4.78, 5) is 4.00. The average molecular weight is 242 g/mol. The number of pyridine rings is 1. The Labute approximate surface area is 97.2 Å². The molecule has 1 rings (SSSR count). The molecular formula is C11H18N2O2S. The van der Waals surface area contributed by atoms with Crippen molar-refractivity contribution in [1.82, 2.24) is 9.71 Å². The van der Waals surface area contributed by atoms with Crippen molar-refractivity contribution < 1.29 is 8.42 Å². The number of nitrogens with zero attached hydrogens (tertiary/aromatic N) is 1. The van der Waals surface area contributed by atoms with Gasteiger partial charge in [0, 0.05) is 18.9 Å². The summed E-state index contributed by atoms with van der Waals surface area (Å²) in [5, 5.41) is 0. The predicted molar refractivity (Wildman–Crippen MR) is 64.6 cm³/mol. The molecule has 0 fully saturated rings. The van der Waals surface area contributed by atoms with Gasteiger partial charge in [0.1, 0.15) is 0 Å². The molecule has 0 saturated heterocycles. The lowest BCUT2D eigenvalue weighted by Crippen LogP contribution is -2.27.